The van der Waals surface area contributed by atoms with Crippen molar-refractivity contribution < 1.29 is 9.90 Å². The maximum absolute atomic E-state index is 12.2. The maximum Gasteiger partial charge on any atom is 0.408 e. The summed E-state index contributed by atoms with van der Waals surface area (Å²) in [7, 11) is 0. The first-order valence-corrected chi connectivity index (χ1v) is 9.22. The van der Waals surface area contributed by atoms with Gasteiger partial charge in [-0.05, 0) is 50.6 Å². The van der Waals surface area contributed by atoms with Gasteiger partial charge in [0.05, 0.1) is 6.04 Å². The third-order valence-corrected chi connectivity index (χ3v) is 4.65. The number of carboxylic acid groups (broad SMARTS) is 1. The Kier molecular flexibility index (Phi) is 5.40. The van der Waals surface area contributed by atoms with Crippen molar-refractivity contribution in [3.05, 3.63) is 78.4 Å². The van der Waals surface area contributed by atoms with Crippen LogP contribution in [0.3, 0.4) is 0 Å². The first-order chi connectivity index (χ1) is 13.3. The van der Waals surface area contributed by atoms with Gasteiger partial charge in [0.15, 0.2) is 0 Å². The Morgan fingerprint density at radius 2 is 1.79 bits per heavy atom. The molecule has 2 aromatic carbocycles. The van der Waals surface area contributed by atoms with E-state index in [0.717, 1.165) is 11.3 Å². The highest BCUT2D eigenvalue weighted by atomic mass is 16.4. The minimum atomic E-state index is -0.972. The molecule has 0 fully saturated rings. The van der Waals surface area contributed by atoms with Crippen molar-refractivity contribution >= 4 is 11.8 Å². The van der Waals surface area contributed by atoms with Crippen LogP contribution in [-0.4, -0.2) is 31.2 Å². The fourth-order valence-electron chi connectivity index (χ4n) is 3.44. The monoisotopic (exact) mass is 378 g/mol. The lowest BCUT2D eigenvalue weighted by atomic mass is 9.97. The van der Waals surface area contributed by atoms with Crippen LogP contribution in [0.4, 0.5) is 10.5 Å². The summed E-state index contributed by atoms with van der Waals surface area (Å²) in [4.78, 5) is 18.3. The van der Waals surface area contributed by atoms with Crippen LogP contribution in [0.1, 0.15) is 38.2 Å². The highest BCUT2D eigenvalue weighted by Gasteiger charge is 2.36. The Bertz CT molecular complexity index is 927. The van der Waals surface area contributed by atoms with Crippen molar-refractivity contribution in [3.8, 4) is 5.69 Å². The summed E-state index contributed by atoms with van der Waals surface area (Å²) in [5.74, 6) is 0.672. The molecule has 6 heteroatoms. The molecule has 0 saturated carbocycles. The van der Waals surface area contributed by atoms with Gasteiger partial charge in [-0.1, -0.05) is 30.3 Å². The van der Waals surface area contributed by atoms with Gasteiger partial charge in [0.2, 0.25) is 0 Å². The number of imidazole rings is 1. The molecule has 0 aliphatic rings. The van der Waals surface area contributed by atoms with Crippen molar-refractivity contribution in [2.45, 2.75) is 38.8 Å². The molecular formula is C22H26N4O2. The van der Waals surface area contributed by atoms with Gasteiger partial charge >= 0.3 is 6.09 Å². The summed E-state index contributed by atoms with van der Waals surface area (Å²) in [6.07, 6.45) is 3.10. The van der Waals surface area contributed by atoms with Gasteiger partial charge in [0.1, 0.15) is 5.82 Å². The number of nitrogen functional groups attached to an aromatic ring is 1. The van der Waals surface area contributed by atoms with Crippen LogP contribution in [0, 0.1) is 0 Å². The summed E-state index contributed by atoms with van der Waals surface area (Å²) in [5, 5.41) is 10.0. The van der Waals surface area contributed by atoms with Crippen LogP contribution in [0.25, 0.3) is 5.69 Å². The van der Waals surface area contributed by atoms with E-state index < -0.39 is 17.7 Å². The van der Waals surface area contributed by atoms with Gasteiger partial charge in [-0.3, -0.25) is 4.90 Å². The van der Waals surface area contributed by atoms with Crippen LogP contribution in [-0.2, 0) is 6.42 Å². The van der Waals surface area contributed by atoms with Gasteiger partial charge in [-0.15, -0.1) is 0 Å². The molecule has 1 heterocycles. The van der Waals surface area contributed by atoms with Crippen LogP contribution < -0.4 is 5.73 Å². The molecule has 1 aromatic heterocycles. The second-order valence-corrected chi connectivity index (χ2v) is 7.78. The highest BCUT2D eigenvalue weighted by Crippen LogP contribution is 2.32. The molecule has 1 atom stereocenters. The van der Waals surface area contributed by atoms with Gasteiger partial charge in [0.25, 0.3) is 0 Å². The van der Waals surface area contributed by atoms with Gasteiger partial charge in [-0.2, -0.15) is 0 Å². The number of hydrogen-bond acceptors (Lipinski definition) is 3. The van der Waals surface area contributed by atoms with E-state index in [-0.39, 0.29) is 0 Å². The predicted octanol–water partition coefficient (Wildman–Crippen LogP) is 4.52. The summed E-state index contributed by atoms with van der Waals surface area (Å²) in [6.45, 7) is 5.70. The number of benzene rings is 2. The normalized spacial score (nSPS) is 12.5. The molecule has 146 valence electrons. The van der Waals surface area contributed by atoms with E-state index in [0.29, 0.717) is 17.9 Å². The molecule has 0 saturated heterocycles. The molecule has 1 unspecified atom stereocenters. The van der Waals surface area contributed by atoms with Crippen LogP contribution >= 0.6 is 0 Å². The zero-order valence-corrected chi connectivity index (χ0v) is 16.4. The number of amides is 1. The molecule has 0 radical (unpaired) electrons. The number of aromatic nitrogens is 2. The molecule has 0 bridgehead atoms. The van der Waals surface area contributed by atoms with E-state index in [2.05, 4.69) is 4.98 Å². The van der Waals surface area contributed by atoms with Crippen molar-refractivity contribution in [3.63, 3.8) is 0 Å². The van der Waals surface area contributed by atoms with Crippen molar-refractivity contribution in [1.29, 1.82) is 0 Å². The smallest absolute Gasteiger partial charge is 0.408 e. The highest BCUT2D eigenvalue weighted by molar-refractivity contribution is 5.67. The Labute approximate surface area is 165 Å². The first kappa shape index (κ1) is 19.5. The SMILES string of the molecule is CC(C)(C)N(C(=O)O)C(Cc1ccccc1)c1nccn1-c1ccc(N)cc1. The zero-order chi connectivity index (χ0) is 20.3. The molecule has 3 rings (SSSR count). The molecule has 3 N–H and O–H groups in total. The van der Waals surface area contributed by atoms with Gasteiger partial charge < -0.3 is 15.4 Å². The third-order valence-electron chi connectivity index (χ3n) is 4.65. The molecule has 0 spiro atoms. The van der Waals surface area contributed by atoms with E-state index in [9.17, 15) is 9.90 Å². The Balaban J connectivity index is 2.11. The summed E-state index contributed by atoms with van der Waals surface area (Å²) in [6, 6.07) is 16.9. The van der Waals surface area contributed by atoms with Crippen LogP contribution in [0.2, 0.25) is 0 Å². The lowest BCUT2D eigenvalue weighted by molar-refractivity contribution is 0.0663. The average molecular weight is 378 g/mol. The number of hydrogen-bond donors (Lipinski definition) is 2. The molecule has 1 amide bonds. The average Bonchev–Trinajstić information content (AvgIpc) is 3.11. The number of rotatable bonds is 5. The quantitative estimate of drug-likeness (QED) is 0.640. The Morgan fingerprint density at radius 1 is 1.14 bits per heavy atom. The van der Waals surface area contributed by atoms with Gasteiger partial charge in [-0.25, -0.2) is 9.78 Å². The summed E-state index contributed by atoms with van der Waals surface area (Å²) in [5.41, 5.74) is 7.83. The van der Waals surface area contributed by atoms with Gasteiger partial charge in [0, 0.05) is 35.7 Å². The Hall–Kier alpha value is -3.28. The first-order valence-electron chi connectivity index (χ1n) is 9.22. The van der Waals surface area contributed by atoms with E-state index in [1.807, 2.05) is 86.1 Å². The fourth-order valence-corrected chi connectivity index (χ4v) is 3.44. The van der Waals surface area contributed by atoms with E-state index in [1.165, 1.54) is 4.90 Å². The second kappa shape index (κ2) is 7.76. The minimum absolute atomic E-state index is 0.451. The third kappa shape index (κ3) is 4.17. The fraction of sp³-hybridized carbons (Fsp3) is 0.273. The van der Waals surface area contributed by atoms with Crippen LogP contribution in [0.5, 0.6) is 0 Å². The number of carbonyl (C=O) groups is 1. The molecule has 3 aromatic rings. The molecule has 6 nitrogen and oxygen atoms in total. The van der Waals surface area contributed by atoms with E-state index in [1.54, 1.807) is 6.20 Å². The Morgan fingerprint density at radius 3 is 2.36 bits per heavy atom. The number of nitrogens with zero attached hydrogens (tertiary/aromatic N) is 3. The lowest BCUT2D eigenvalue weighted by Gasteiger charge is -2.39. The molecule has 28 heavy (non-hydrogen) atoms. The predicted molar refractivity (Wildman–Crippen MR) is 110 cm³/mol. The summed E-state index contributed by atoms with van der Waals surface area (Å²) >= 11 is 0. The summed E-state index contributed by atoms with van der Waals surface area (Å²) < 4.78 is 1.93. The van der Waals surface area contributed by atoms with Crippen molar-refractivity contribution in [2.24, 2.45) is 0 Å². The number of anilines is 1. The second-order valence-electron chi connectivity index (χ2n) is 7.78. The van der Waals surface area contributed by atoms with E-state index in [4.69, 9.17) is 5.73 Å². The molecule has 0 aliphatic carbocycles. The van der Waals surface area contributed by atoms with Crippen LogP contribution in [0.15, 0.2) is 67.0 Å². The van der Waals surface area contributed by atoms with E-state index >= 15 is 0 Å². The lowest BCUT2D eigenvalue weighted by Crippen LogP contribution is -2.48. The topological polar surface area (TPSA) is 84.4 Å². The maximum atomic E-state index is 12.2. The minimum Gasteiger partial charge on any atom is -0.465 e. The standard InChI is InChI=1S/C22H26N4O2/c1-22(2,3)26(21(27)28)19(15-16-7-5-4-6-8-16)20-24-13-14-25(20)18-11-9-17(23)10-12-18/h4-14,19H,15,23H2,1-3H3,(H,27,28). The zero-order valence-electron chi connectivity index (χ0n) is 16.4. The molecule has 0 aliphatic heterocycles. The number of nitrogens with two attached hydrogens (primary N) is 1. The largest absolute Gasteiger partial charge is 0.465 e. The molecular weight excluding hydrogens is 352 g/mol. The van der Waals surface area contributed by atoms with Crippen molar-refractivity contribution in [2.75, 3.05) is 5.73 Å². The van der Waals surface area contributed by atoms with Crippen molar-refractivity contribution in [1.82, 2.24) is 14.5 Å².